The van der Waals surface area contributed by atoms with Crippen molar-refractivity contribution >= 4 is 17.5 Å². The molecule has 262 valence electrons. The number of carbonyl (C=O) groups excluding carboxylic acids is 1. The summed E-state index contributed by atoms with van der Waals surface area (Å²) >= 11 is 0. The standard InChI is InChI=1S/C34H32F6N8O2/c1-20-16-47(9-10-50-20)17-21-11-26-27(28(12-21)34(38,39)40)18-48(32(26)49)30-14-22(13-29(44-30)42-8-4-3-7-41)25-15-23(33(35,36)37)5-6-24(25)31-45-43-19-46(31)2/h5-6,11-15,19-20H,3-4,8-10,16-18H2,1-2H3,(H,42,44)/t20-/m0/s1. The van der Waals surface area contributed by atoms with Crippen molar-refractivity contribution in [2.24, 2.45) is 7.05 Å². The lowest BCUT2D eigenvalue weighted by Gasteiger charge is -2.31. The highest BCUT2D eigenvalue weighted by Crippen LogP contribution is 2.42. The molecule has 0 aliphatic carbocycles. The van der Waals surface area contributed by atoms with Gasteiger partial charge in [-0.25, -0.2) is 4.98 Å². The molecule has 2 aliphatic rings. The van der Waals surface area contributed by atoms with Gasteiger partial charge in [0.2, 0.25) is 0 Å². The number of nitriles is 1. The van der Waals surface area contributed by atoms with E-state index in [9.17, 15) is 31.1 Å². The topological polar surface area (TPSA) is 112 Å². The molecule has 0 bridgehead atoms. The zero-order valence-corrected chi connectivity index (χ0v) is 27.1. The summed E-state index contributed by atoms with van der Waals surface area (Å²) in [7, 11) is 1.63. The number of aromatic nitrogens is 4. The van der Waals surface area contributed by atoms with Gasteiger partial charge in [-0.3, -0.25) is 14.6 Å². The van der Waals surface area contributed by atoms with E-state index in [2.05, 4.69) is 20.5 Å². The maximum absolute atomic E-state index is 14.5. The number of hydrogen-bond acceptors (Lipinski definition) is 8. The molecule has 50 heavy (non-hydrogen) atoms. The molecule has 1 fully saturated rings. The second kappa shape index (κ2) is 13.7. The zero-order chi connectivity index (χ0) is 35.8. The number of unbranched alkanes of at least 4 members (excludes halogenated alkanes) is 1. The molecule has 2 aliphatic heterocycles. The Labute approximate surface area is 283 Å². The number of morpholine rings is 1. The maximum atomic E-state index is 14.5. The van der Waals surface area contributed by atoms with Crippen LogP contribution in [0.5, 0.6) is 0 Å². The molecule has 0 unspecified atom stereocenters. The fourth-order valence-corrected chi connectivity index (χ4v) is 6.26. The van der Waals surface area contributed by atoms with Crippen LogP contribution in [0.25, 0.3) is 22.5 Å². The number of amides is 1. The minimum Gasteiger partial charge on any atom is -0.376 e. The number of halogens is 6. The number of rotatable bonds is 9. The number of ether oxygens (including phenoxy) is 1. The molecular weight excluding hydrogens is 666 g/mol. The number of alkyl halides is 6. The Kier molecular flexibility index (Phi) is 9.56. The third-order valence-corrected chi connectivity index (χ3v) is 8.61. The minimum absolute atomic E-state index is 0.0653. The molecule has 4 heterocycles. The monoisotopic (exact) mass is 698 g/mol. The lowest BCUT2D eigenvalue weighted by atomic mass is 9.96. The minimum atomic E-state index is -4.76. The molecular formula is C34H32F6N8O2. The Morgan fingerprint density at radius 1 is 1.04 bits per heavy atom. The molecule has 10 nitrogen and oxygen atoms in total. The molecule has 0 radical (unpaired) electrons. The van der Waals surface area contributed by atoms with E-state index in [4.69, 9.17) is 10.00 Å². The number of benzene rings is 2. The van der Waals surface area contributed by atoms with Crippen molar-refractivity contribution in [2.45, 2.75) is 51.3 Å². The fourth-order valence-electron chi connectivity index (χ4n) is 6.26. The summed E-state index contributed by atoms with van der Waals surface area (Å²) < 4.78 is 92.5. The van der Waals surface area contributed by atoms with E-state index in [0.717, 1.165) is 23.1 Å². The van der Waals surface area contributed by atoms with Crippen LogP contribution in [-0.4, -0.2) is 62.9 Å². The van der Waals surface area contributed by atoms with Crippen LogP contribution >= 0.6 is 0 Å². The summed E-state index contributed by atoms with van der Waals surface area (Å²) in [6, 6.07) is 10.6. The Morgan fingerprint density at radius 3 is 2.52 bits per heavy atom. The lowest BCUT2D eigenvalue weighted by molar-refractivity contribution is -0.138. The summed E-state index contributed by atoms with van der Waals surface area (Å²) in [5, 5.41) is 19.9. The van der Waals surface area contributed by atoms with E-state index in [1.54, 1.807) is 7.05 Å². The zero-order valence-electron chi connectivity index (χ0n) is 27.1. The highest BCUT2D eigenvalue weighted by Gasteiger charge is 2.41. The van der Waals surface area contributed by atoms with Gasteiger partial charge in [-0.15, -0.1) is 10.2 Å². The van der Waals surface area contributed by atoms with Gasteiger partial charge in [-0.05, 0) is 78.1 Å². The van der Waals surface area contributed by atoms with Gasteiger partial charge in [0.1, 0.15) is 18.0 Å². The number of carbonyl (C=O) groups is 1. The van der Waals surface area contributed by atoms with E-state index >= 15 is 0 Å². The largest absolute Gasteiger partial charge is 0.416 e. The van der Waals surface area contributed by atoms with E-state index in [-0.39, 0.29) is 65.3 Å². The molecule has 0 saturated carbocycles. The SMILES string of the molecule is C[C@H]1CN(Cc2cc3c(c(C(F)(F)F)c2)CN(c2cc(-c4cc(C(F)(F)F)ccc4-c4nncn4C)cc(NCCCC#N)n2)C3=O)CCO1. The molecule has 16 heteroatoms. The molecule has 2 aromatic heterocycles. The van der Waals surface area contributed by atoms with E-state index in [1.807, 2.05) is 17.9 Å². The summed E-state index contributed by atoms with van der Waals surface area (Å²) in [4.78, 5) is 21.6. The van der Waals surface area contributed by atoms with Gasteiger partial charge in [-0.2, -0.15) is 31.6 Å². The summed E-state index contributed by atoms with van der Waals surface area (Å²) in [5.41, 5.74) is -1.31. The lowest BCUT2D eigenvalue weighted by Crippen LogP contribution is -2.40. The van der Waals surface area contributed by atoms with Crippen molar-refractivity contribution in [3.8, 4) is 28.6 Å². The van der Waals surface area contributed by atoms with Crippen LogP contribution in [0.2, 0.25) is 0 Å². The van der Waals surface area contributed by atoms with E-state index in [1.165, 1.54) is 35.2 Å². The summed E-state index contributed by atoms with van der Waals surface area (Å²) in [6.45, 7) is 3.34. The van der Waals surface area contributed by atoms with Gasteiger partial charge in [0, 0.05) is 50.8 Å². The van der Waals surface area contributed by atoms with Crippen LogP contribution in [0.4, 0.5) is 38.0 Å². The molecule has 6 rings (SSSR count). The van der Waals surface area contributed by atoms with Gasteiger partial charge in [0.25, 0.3) is 5.91 Å². The van der Waals surface area contributed by atoms with Gasteiger partial charge in [-0.1, -0.05) is 0 Å². The van der Waals surface area contributed by atoms with E-state index < -0.39 is 35.9 Å². The van der Waals surface area contributed by atoms with Crippen molar-refractivity contribution in [2.75, 3.05) is 36.5 Å². The molecule has 1 amide bonds. The smallest absolute Gasteiger partial charge is 0.376 e. The molecule has 0 spiro atoms. The number of aryl methyl sites for hydroxylation is 1. The van der Waals surface area contributed by atoms with Gasteiger partial charge < -0.3 is 14.6 Å². The molecule has 1 saturated heterocycles. The van der Waals surface area contributed by atoms with Crippen LogP contribution in [0.3, 0.4) is 0 Å². The number of pyridine rings is 1. The first kappa shape index (κ1) is 34.8. The van der Waals surface area contributed by atoms with Crippen LogP contribution in [0.1, 0.15) is 52.4 Å². The third kappa shape index (κ3) is 7.29. The van der Waals surface area contributed by atoms with Crippen LogP contribution in [-0.2, 0) is 37.2 Å². The first-order valence-corrected chi connectivity index (χ1v) is 15.8. The van der Waals surface area contributed by atoms with Crippen molar-refractivity contribution < 1.29 is 35.9 Å². The molecule has 2 aromatic carbocycles. The molecule has 1 atom stereocenters. The fraction of sp³-hybridized carbons (Fsp3) is 0.382. The van der Waals surface area contributed by atoms with Crippen molar-refractivity contribution in [1.29, 1.82) is 5.26 Å². The van der Waals surface area contributed by atoms with Crippen LogP contribution in [0.15, 0.2) is 48.8 Å². The van der Waals surface area contributed by atoms with Gasteiger partial charge >= 0.3 is 12.4 Å². The second-order valence-electron chi connectivity index (χ2n) is 12.3. The first-order chi connectivity index (χ1) is 23.7. The van der Waals surface area contributed by atoms with Crippen molar-refractivity contribution in [3.63, 3.8) is 0 Å². The molecule has 1 N–H and O–H groups in total. The van der Waals surface area contributed by atoms with Gasteiger partial charge in [0.15, 0.2) is 5.82 Å². The highest BCUT2D eigenvalue weighted by atomic mass is 19.4. The summed E-state index contributed by atoms with van der Waals surface area (Å²) in [6.07, 6.45) is -7.53. The number of fused-ring (bicyclic) bond motifs is 1. The Bertz CT molecular complexity index is 1950. The number of hydrogen-bond donors (Lipinski definition) is 1. The van der Waals surface area contributed by atoms with Crippen molar-refractivity contribution in [3.05, 3.63) is 76.6 Å². The van der Waals surface area contributed by atoms with Crippen LogP contribution in [0, 0.1) is 11.3 Å². The normalized spacial score (nSPS) is 16.8. The average molecular weight is 699 g/mol. The van der Waals surface area contributed by atoms with Gasteiger partial charge in [0.05, 0.1) is 36.5 Å². The number of nitrogens with one attached hydrogen (secondary N) is 1. The van der Waals surface area contributed by atoms with E-state index in [0.29, 0.717) is 37.2 Å². The van der Waals surface area contributed by atoms with Crippen molar-refractivity contribution in [1.82, 2.24) is 24.6 Å². The second-order valence-corrected chi connectivity index (χ2v) is 12.3. The maximum Gasteiger partial charge on any atom is 0.416 e. The predicted molar refractivity (Wildman–Crippen MR) is 171 cm³/mol. The van der Waals surface area contributed by atoms with Crippen LogP contribution < -0.4 is 10.2 Å². The Balaban J connectivity index is 1.45. The first-order valence-electron chi connectivity index (χ1n) is 15.8. The molecule has 4 aromatic rings. The summed E-state index contributed by atoms with van der Waals surface area (Å²) in [5.74, 6) is -0.374. The Hall–Kier alpha value is -5.01. The Morgan fingerprint density at radius 2 is 1.84 bits per heavy atom. The average Bonchev–Trinajstić information content (AvgIpc) is 3.64. The quantitative estimate of drug-likeness (QED) is 0.152. The number of anilines is 2. The highest BCUT2D eigenvalue weighted by molar-refractivity contribution is 6.10. The predicted octanol–water partition coefficient (Wildman–Crippen LogP) is 6.68. The third-order valence-electron chi connectivity index (χ3n) is 8.61. The number of nitrogens with zero attached hydrogens (tertiary/aromatic N) is 7.